The molecule has 1 unspecified atom stereocenters. The van der Waals surface area contributed by atoms with Crippen LogP contribution in [0.5, 0.6) is 0 Å². The van der Waals surface area contributed by atoms with Crippen molar-refractivity contribution in [2.75, 3.05) is 11.4 Å². The molecule has 0 heterocycles. The molecule has 6 heteroatoms. The summed E-state index contributed by atoms with van der Waals surface area (Å²) in [6, 6.07) is 10.8. The van der Waals surface area contributed by atoms with Gasteiger partial charge in [0.1, 0.15) is 17.7 Å². The van der Waals surface area contributed by atoms with Crippen LogP contribution in [0.25, 0.3) is 0 Å². The number of nitrogens with zero attached hydrogens (tertiary/aromatic N) is 2. The number of nitriles is 1. The van der Waals surface area contributed by atoms with E-state index in [4.69, 9.17) is 0 Å². The summed E-state index contributed by atoms with van der Waals surface area (Å²) in [5, 5.41) is 11.7. The quantitative estimate of drug-likeness (QED) is 0.843. The zero-order chi connectivity index (χ0) is 19.3. The smallest absolute Gasteiger partial charge is 0.252 e. The molecule has 0 saturated heterocycles. The second-order valence-electron chi connectivity index (χ2n) is 6.13. The fourth-order valence-corrected chi connectivity index (χ4v) is 2.78. The molecule has 2 aromatic carbocycles. The molecular weight excluding hydrogens is 336 g/mol. The average Bonchev–Trinajstić information content (AvgIpc) is 2.61. The van der Waals surface area contributed by atoms with Crippen LogP contribution < -0.4 is 10.2 Å². The highest BCUT2D eigenvalue weighted by atomic mass is 19.1. The minimum Gasteiger partial charge on any atom is -0.369 e. The van der Waals surface area contributed by atoms with E-state index in [0.717, 1.165) is 24.4 Å². The number of nitrogens with one attached hydrogen (secondary N) is 1. The van der Waals surface area contributed by atoms with Crippen LogP contribution in [-0.2, 0) is 0 Å². The number of halogens is 2. The molecule has 1 amide bonds. The molecule has 4 nitrogen and oxygen atoms in total. The number of benzene rings is 2. The Kier molecular flexibility index (Phi) is 6.29. The van der Waals surface area contributed by atoms with Crippen LogP contribution >= 0.6 is 0 Å². The van der Waals surface area contributed by atoms with Gasteiger partial charge in [0, 0.05) is 35.5 Å². The van der Waals surface area contributed by atoms with Crippen LogP contribution in [0.15, 0.2) is 42.5 Å². The molecule has 0 aliphatic rings. The van der Waals surface area contributed by atoms with E-state index in [-0.39, 0.29) is 5.56 Å². The van der Waals surface area contributed by atoms with Gasteiger partial charge in [0.25, 0.3) is 5.91 Å². The fraction of sp³-hybridized carbons (Fsp3) is 0.300. The second kappa shape index (κ2) is 8.43. The highest BCUT2D eigenvalue weighted by Crippen LogP contribution is 2.20. The van der Waals surface area contributed by atoms with Crippen molar-refractivity contribution in [2.24, 2.45) is 0 Å². The van der Waals surface area contributed by atoms with Gasteiger partial charge in [-0.05, 0) is 51.1 Å². The van der Waals surface area contributed by atoms with E-state index < -0.39 is 23.6 Å². The van der Waals surface area contributed by atoms with Gasteiger partial charge in [-0.2, -0.15) is 5.26 Å². The number of hydrogen-bond donors (Lipinski definition) is 1. The molecule has 0 aliphatic heterocycles. The molecule has 0 aromatic heterocycles. The highest BCUT2D eigenvalue weighted by Gasteiger charge is 2.19. The van der Waals surface area contributed by atoms with Gasteiger partial charge in [0.2, 0.25) is 0 Å². The lowest BCUT2D eigenvalue weighted by molar-refractivity contribution is 0.0944. The van der Waals surface area contributed by atoms with Gasteiger partial charge in [0.15, 0.2) is 0 Å². The normalized spacial score (nSPS) is 11.7. The van der Waals surface area contributed by atoms with Gasteiger partial charge in [-0.3, -0.25) is 4.79 Å². The van der Waals surface area contributed by atoms with Crippen molar-refractivity contribution in [1.29, 1.82) is 5.26 Å². The predicted octanol–water partition coefficient (Wildman–Crippen LogP) is 4.19. The third-order valence-electron chi connectivity index (χ3n) is 4.10. The molecule has 0 fully saturated rings. The van der Waals surface area contributed by atoms with E-state index >= 15 is 0 Å². The van der Waals surface area contributed by atoms with Crippen LogP contribution in [0.4, 0.5) is 14.5 Å². The van der Waals surface area contributed by atoms with E-state index in [1.165, 1.54) is 0 Å². The molecule has 136 valence electrons. The number of carbonyl (C=O) groups is 1. The number of carbonyl (C=O) groups excluding carboxylic acids is 1. The molecule has 2 rings (SSSR count). The summed E-state index contributed by atoms with van der Waals surface area (Å²) in [6.45, 7) is 7.05. The largest absolute Gasteiger partial charge is 0.369 e. The number of rotatable bonds is 6. The highest BCUT2D eigenvalue weighted by molar-refractivity contribution is 5.95. The summed E-state index contributed by atoms with van der Waals surface area (Å²) < 4.78 is 26.9. The lowest BCUT2D eigenvalue weighted by Crippen LogP contribution is -2.30. The summed E-state index contributed by atoms with van der Waals surface area (Å²) in [4.78, 5) is 14.6. The Morgan fingerprint density at radius 1 is 1.19 bits per heavy atom. The first-order valence-corrected chi connectivity index (χ1v) is 8.39. The lowest BCUT2D eigenvalue weighted by atomic mass is 10.1. The first-order chi connectivity index (χ1) is 12.4. The summed E-state index contributed by atoms with van der Waals surface area (Å²) >= 11 is 0. The van der Waals surface area contributed by atoms with Crippen molar-refractivity contribution >= 4 is 11.6 Å². The summed E-state index contributed by atoms with van der Waals surface area (Å²) in [5.74, 6) is -2.11. The Hall–Kier alpha value is -2.94. The summed E-state index contributed by atoms with van der Waals surface area (Å²) in [6.07, 6.45) is 0. The molecule has 0 bridgehead atoms. The SMILES string of the molecule is CCN(c1ccc(C(=O)NC(C#N)c2ccc(F)cc2F)cc1)C(C)C. The molecule has 2 aromatic rings. The molecule has 0 aliphatic carbocycles. The van der Waals surface area contributed by atoms with Crippen LogP contribution in [0, 0.1) is 23.0 Å². The molecule has 0 spiro atoms. The first-order valence-electron chi connectivity index (χ1n) is 8.39. The molecule has 0 saturated carbocycles. The van der Waals surface area contributed by atoms with Crippen LogP contribution in [0.3, 0.4) is 0 Å². The van der Waals surface area contributed by atoms with Crippen molar-refractivity contribution in [1.82, 2.24) is 5.32 Å². The van der Waals surface area contributed by atoms with E-state index in [0.29, 0.717) is 17.7 Å². The van der Waals surface area contributed by atoms with E-state index in [9.17, 15) is 18.8 Å². The maximum Gasteiger partial charge on any atom is 0.252 e. The number of hydrogen-bond acceptors (Lipinski definition) is 3. The van der Waals surface area contributed by atoms with Crippen LogP contribution in [0.2, 0.25) is 0 Å². The number of anilines is 1. The predicted molar refractivity (Wildman–Crippen MR) is 96.8 cm³/mol. The van der Waals surface area contributed by atoms with Crippen molar-refractivity contribution in [3.05, 3.63) is 65.2 Å². The third-order valence-corrected chi connectivity index (χ3v) is 4.10. The first kappa shape index (κ1) is 19.4. The maximum absolute atomic E-state index is 13.8. The zero-order valence-electron chi connectivity index (χ0n) is 15.0. The van der Waals surface area contributed by atoms with Gasteiger partial charge in [-0.25, -0.2) is 8.78 Å². The molecule has 26 heavy (non-hydrogen) atoms. The van der Waals surface area contributed by atoms with E-state index in [2.05, 4.69) is 31.0 Å². The summed E-state index contributed by atoms with van der Waals surface area (Å²) in [7, 11) is 0. The van der Waals surface area contributed by atoms with E-state index in [1.54, 1.807) is 12.1 Å². The van der Waals surface area contributed by atoms with Gasteiger partial charge in [0.05, 0.1) is 6.07 Å². The zero-order valence-corrected chi connectivity index (χ0v) is 15.0. The summed E-state index contributed by atoms with van der Waals surface area (Å²) in [5.41, 5.74) is 1.27. The Balaban J connectivity index is 2.17. The molecule has 0 radical (unpaired) electrons. The van der Waals surface area contributed by atoms with Crippen LogP contribution in [-0.4, -0.2) is 18.5 Å². The maximum atomic E-state index is 13.8. The minimum atomic E-state index is -1.20. The van der Waals surface area contributed by atoms with Gasteiger partial charge >= 0.3 is 0 Å². The Labute approximate surface area is 152 Å². The minimum absolute atomic E-state index is 0.0733. The van der Waals surface area contributed by atoms with E-state index in [1.807, 2.05) is 18.2 Å². The van der Waals surface area contributed by atoms with Crippen molar-refractivity contribution in [3.63, 3.8) is 0 Å². The second-order valence-corrected chi connectivity index (χ2v) is 6.13. The van der Waals surface area contributed by atoms with Gasteiger partial charge < -0.3 is 10.2 Å². The molecule has 1 N–H and O–H groups in total. The van der Waals surface area contributed by atoms with Gasteiger partial charge in [-0.15, -0.1) is 0 Å². The lowest BCUT2D eigenvalue weighted by Gasteiger charge is -2.27. The average molecular weight is 357 g/mol. The van der Waals surface area contributed by atoms with Crippen LogP contribution in [0.1, 0.15) is 42.7 Å². The van der Waals surface area contributed by atoms with Gasteiger partial charge in [-0.1, -0.05) is 6.07 Å². The Morgan fingerprint density at radius 3 is 2.35 bits per heavy atom. The standard InChI is InChI=1S/C20H21F2N3O/c1-4-25(13(2)3)16-8-5-14(6-9-16)20(26)24-19(12-23)17-10-7-15(21)11-18(17)22/h5-11,13,19H,4H2,1-3H3,(H,24,26). The fourth-order valence-electron chi connectivity index (χ4n) is 2.78. The van der Waals surface area contributed by atoms with Crippen molar-refractivity contribution in [3.8, 4) is 6.07 Å². The molecule has 1 atom stereocenters. The monoisotopic (exact) mass is 357 g/mol. The van der Waals surface area contributed by atoms with Crippen molar-refractivity contribution in [2.45, 2.75) is 32.9 Å². The Bertz CT molecular complexity index is 813. The Morgan fingerprint density at radius 2 is 1.85 bits per heavy atom. The third kappa shape index (κ3) is 4.37. The molecular formula is C20H21F2N3O. The topological polar surface area (TPSA) is 56.1 Å². The van der Waals surface area contributed by atoms with Crippen molar-refractivity contribution < 1.29 is 13.6 Å². The number of amides is 1.